The number of ether oxygens (including phenoxy) is 2. The molecule has 1 aromatic heterocycles. The van der Waals surface area contributed by atoms with Crippen molar-refractivity contribution in [2.45, 2.75) is 19.9 Å². The van der Waals surface area contributed by atoms with Gasteiger partial charge in [0, 0.05) is 17.1 Å². The van der Waals surface area contributed by atoms with Crippen LogP contribution in [-0.2, 0) is 6.54 Å². The van der Waals surface area contributed by atoms with E-state index >= 15 is 0 Å². The Kier molecular flexibility index (Phi) is 6.84. The van der Waals surface area contributed by atoms with Crippen LogP contribution in [0, 0.1) is 0 Å². The zero-order valence-corrected chi connectivity index (χ0v) is 18.3. The highest BCUT2D eigenvalue weighted by molar-refractivity contribution is 6.32. The Bertz CT molecular complexity index is 1150. The van der Waals surface area contributed by atoms with E-state index < -0.39 is 0 Å². The highest BCUT2D eigenvalue weighted by Gasteiger charge is 2.21. The van der Waals surface area contributed by atoms with E-state index in [0.29, 0.717) is 45.4 Å². The number of amides is 1. The summed E-state index contributed by atoms with van der Waals surface area (Å²) < 4.78 is 10.5. The number of carbonyl (C=O) groups excluding carboxylic acids is 1. The molecule has 0 bridgehead atoms. The van der Waals surface area contributed by atoms with Crippen molar-refractivity contribution in [3.05, 3.63) is 62.1 Å². The lowest BCUT2D eigenvalue weighted by molar-refractivity contribution is 0.0738. The molecule has 0 spiro atoms. The van der Waals surface area contributed by atoms with Crippen LogP contribution in [0.3, 0.4) is 0 Å². The van der Waals surface area contributed by atoms with Crippen LogP contribution in [0.25, 0.3) is 10.9 Å². The molecule has 0 atom stereocenters. The van der Waals surface area contributed by atoms with E-state index in [1.807, 2.05) is 6.92 Å². The minimum Gasteiger partial charge on any atom is -0.493 e. The van der Waals surface area contributed by atoms with Crippen LogP contribution in [0.15, 0.2) is 35.1 Å². The fourth-order valence-corrected chi connectivity index (χ4v) is 3.62. The molecule has 0 fully saturated rings. The highest BCUT2D eigenvalue weighted by Crippen LogP contribution is 2.36. The predicted molar refractivity (Wildman–Crippen MR) is 117 cm³/mol. The van der Waals surface area contributed by atoms with Crippen LogP contribution in [-0.4, -0.2) is 41.5 Å². The number of nitrogens with one attached hydrogen (secondary N) is 1. The van der Waals surface area contributed by atoms with E-state index in [-0.39, 0.29) is 23.0 Å². The molecule has 0 saturated carbocycles. The van der Waals surface area contributed by atoms with Gasteiger partial charge < -0.3 is 19.4 Å². The fourth-order valence-electron chi connectivity index (χ4n) is 3.16. The molecule has 3 rings (SSSR count). The second kappa shape index (κ2) is 9.36. The Morgan fingerprint density at radius 1 is 1.17 bits per heavy atom. The summed E-state index contributed by atoms with van der Waals surface area (Å²) in [5, 5.41) is 1.18. The molecule has 0 aliphatic carbocycles. The second-order valence-corrected chi connectivity index (χ2v) is 7.44. The maximum absolute atomic E-state index is 13.2. The van der Waals surface area contributed by atoms with Gasteiger partial charge in [0.05, 0.1) is 36.7 Å². The Balaban J connectivity index is 1.97. The molecule has 158 valence electrons. The number of methoxy groups -OCH3 is 2. The lowest BCUT2D eigenvalue weighted by atomic mass is 10.1. The zero-order valence-electron chi connectivity index (χ0n) is 16.8. The summed E-state index contributed by atoms with van der Waals surface area (Å²) in [6, 6.07) is 7.98. The van der Waals surface area contributed by atoms with Gasteiger partial charge in [0.1, 0.15) is 5.82 Å². The van der Waals surface area contributed by atoms with Crippen molar-refractivity contribution in [2.24, 2.45) is 0 Å². The third-order valence-corrected chi connectivity index (χ3v) is 5.04. The molecular formula is C21H21Cl2N3O4. The van der Waals surface area contributed by atoms with Crippen LogP contribution in [0.1, 0.15) is 29.5 Å². The molecule has 0 unspecified atom stereocenters. The molecule has 1 N–H and O–H groups in total. The normalized spacial score (nSPS) is 10.8. The fraction of sp³-hybridized carbons (Fsp3) is 0.286. The minimum absolute atomic E-state index is 0.121. The van der Waals surface area contributed by atoms with Gasteiger partial charge >= 0.3 is 0 Å². The van der Waals surface area contributed by atoms with E-state index in [2.05, 4.69) is 9.97 Å². The van der Waals surface area contributed by atoms with Crippen molar-refractivity contribution in [1.29, 1.82) is 0 Å². The molecule has 30 heavy (non-hydrogen) atoms. The van der Waals surface area contributed by atoms with Gasteiger partial charge in [-0.3, -0.25) is 9.59 Å². The largest absolute Gasteiger partial charge is 0.493 e. The molecule has 3 aromatic rings. The van der Waals surface area contributed by atoms with Gasteiger partial charge in [-0.1, -0.05) is 30.1 Å². The molecule has 0 aliphatic heterocycles. The number of aromatic amines is 1. The number of aromatic nitrogens is 2. The van der Waals surface area contributed by atoms with Crippen molar-refractivity contribution >= 4 is 40.0 Å². The Hall–Kier alpha value is -2.77. The standard InChI is InChI=1S/C21H21Cl2N3O4/c1-4-7-26(21(28)12-8-15(23)19(30-3)17(9-12)29-2)11-18-24-16-10-13(22)5-6-14(16)20(27)25-18/h5-6,8-10H,4,7,11H2,1-3H3,(H,24,25,27). The Morgan fingerprint density at radius 2 is 1.93 bits per heavy atom. The average molecular weight is 450 g/mol. The number of hydrogen-bond donors (Lipinski definition) is 1. The SMILES string of the molecule is CCCN(Cc1nc2cc(Cl)ccc2c(=O)[nH]1)C(=O)c1cc(Cl)c(OC)c(OC)c1. The summed E-state index contributed by atoms with van der Waals surface area (Å²) in [6.07, 6.45) is 0.719. The number of carbonyl (C=O) groups is 1. The van der Waals surface area contributed by atoms with Crippen molar-refractivity contribution in [1.82, 2.24) is 14.9 Å². The summed E-state index contributed by atoms with van der Waals surface area (Å²) >= 11 is 12.3. The van der Waals surface area contributed by atoms with E-state index in [9.17, 15) is 9.59 Å². The van der Waals surface area contributed by atoms with Crippen molar-refractivity contribution in [3.8, 4) is 11.5 Å². The molecule has 1 amide bonds. The quantitative estimate of drug-likeness (QED) is 0.580. The van der Waals surface area contributed by atoms with Gasteiger partial charge in [-0.05, 0) is 36.8 Å². The number of halogens is 2. The van der Waals surface area contributed by atoms with E-state index in [0.717, 1.165) is 6.42 Å². The van der Waals surface area contributed by atoms with Crippen molar-refractivity contribution < 1.29 is 14.3 Å². The number of nitrogens with zero attached hydrogens (tertiary/aromatic N) is 2. The third kappa shape index (κ3) is 4.52. The maximum Gasteiger partial charge on any atom is 0.258 e. The van der Waals surface area contributed by atoms with E-state index in [4.69, 9.17) is 32.7 Å². The van der Waals surface area contributed by atoms with Gasteiger partial charge in [-0.25, -0.2) is 4.98 Å². The Morgan fingerprint density at radius 3 is 2.60 bits per heavy atom. The van der Waals surface area contributed by atoms with Gasteiger partial charge in [-0.15, -0.1) is 0 Å². The first-order chi connectivity index (χ1) is 14.4. The molecule has 0 aliphatic rings. The van der Waals surface area contributed by atoms with Crippen molar-refractivity contribution in [3.63, 3.8) is 0 Å². The number of fused-ring (bicyclic) bond motifs is 1. The first kappa shape index (κ1) is 21.9. The number of H-pyrrole nitrogens is 1. The molecule has 0 saturated heterocycles. The lowest BCUT2D eigenvalue weighted by Crippen LogP contribution is -2.32. The molecule has 7 nitrogen and oxygen atoms in total. The number of benzene rings is 2. The van der Waals surface area contributed by atoms with Gasteiger partial charge in [0.25, 0.3) is 11.5 Å². The maximum atomic E-state index is 13.2. The lowest BCUT2D eigenvalue weighted by Gasteiger charge is -2.22. The summed E-state index contributed by atoms with van der Waals surface area (Å²) in [5.74, 6) is 0.809. The van der Waals surface area contributed by atoms with Gasteiger partial charge in [0.2, 0.25) is 0 Å². The van der Waals surface area contributed by atoms with Gasteiger partial charge in [-0.2, -0.15) is 0 Å². The molecular weight excluding hydrogens is 429 g/mol. The summed E-state index contributed by atoms with van der Waals surface area (Å²) in [6.45, 7) is 2.54. The first-order valence-corrected chi connectivity index (χ1v) is 10.0. The van der Waals surface area contributed by atoms with Crippen molar-refractivity contribution in [2.75, 3.05) is 20.8 Å². The summed E-state index contributed by atoms with van der Waals surface area (Å²) in [7, 11) is 2.95. The van der Waals surface area contributed by atoms with Gasteiger partial charge in [0.15, 0.2) is 11.5 Å². The van der Waals surface area contributed by atoms with Crippen LogP contribution >= 0.6 is 23.2 Å². The first-order valence-electron chi connectivity index (χ1n) is 9.27. The second-order valence-electron chi connectivity index (χ2n) is 6.59. The smallest absolute Gasteiger partial charge is 0.258 e. The molecule has 9 heteroatoms. The summed E-state index contributed by atoms with van der Waals surface area (Å²) in [4.78, 5) is 34.4. The van der Waals surface area contributed by atoms with Crippen LogP contribution in [0.4, 0.5) is 0 Å². The predicted octanol–water partition coefficient (Wildman–Crippen LogP) is 4.30. The zero-order chi connectivity index (χ0) is 21.8. The number of rotatable bonds is 7. The summed E-state index contributed by atoms with van der Waals surface area (Å²) in [5.41, 5.74) is 0.529. The van der Waals surface area contributed by atoms with E-state index in [1.165, 1.54) is 20.3 Å². The minimum atomic E-state index is -0.287. The number of hydrogen-bond acceptors (Lipinski definition) is 5. The molecule has 2 aromatic carbocycles. The molecule has 1 heterocycles. The van der Waals surface area contributed by atoms with Crippen LogP contribution < -0.4 is 15.0 Å². The third-order valence-electron chi connectivity index (χ3n) is 4.52. The Labute approximate surface area is 183 Å². The highest BCUT2D eigenvalue weighted by atomic mass is 35.5. The van der Waals surface area contributed by atoms with Crippen LogP contribution in [0.2, 0.25) is 10.0 Å². The topological polar surface area (TPSA) is 84.5 Å². The molecule has 0 radical (unpaired) electrons. The monoisotopic (exact) mass is 449 g/mol. The van der Waals surface area contributed by atoms with Crippen LogP contribution in [0.5, 0.6) is 11.5 Å². The average Bonchev–Trinajstić information content (AvgIpc) is 2.71. The van der Waals surface area contributed by atoms with E-state index in [1.54, 1.807) is 29.2 Å².